The third-order valence-electron chi connectivity index (χ3n) is 11.0. The molecule has 4 aliphatic heterocycles. The van der Waals surface area contributed by atoms with Crippen LogP contribution in [0.3, 0.4) is 0 Å². The Morgan fingerprint density at radius 2 is 1.86 bits per heavy atom. The summed E-state index contributed by atoms with van der Waals surface area (Å²) in [7, 11) is 0. The summed E-state index contributed by atoms with van der Waals surface area (Å²) in [6.07, 6.45) is 3.67. The second-order valence-corrected chi connectivity index (χ2v) is 13.0. The van der Waals surface area contributed by atoms with Gasteiger partial charge in [-0.15, -0.1) is 0 Å². The standard InChI is InChI=1S/C28H34O9/c1-14(29)33-19-11-18-24(2,3)35-16-10-20(30)36-27(18,12-16)17-6-8-25(4)21(15-7-9-32-13-15)34-23(31)22-28(25,37-22)26(17,19)5/h7,9,13,16-19,21-22H,6,8,10-12H2,1-5H3. The first-order valence-electron chi connectivity index (χ1n) is 13.4. The molecule has 1 aromatic rings. The van der Waals surface area contributed by atoms with Crippen molar-refractivity contribution < 1.29 is 42.5 Å². The fourth-order valence-electron chi connectivity index (χ4n) is 9.80. The molecule has 10 atom stereocenters. The van der Waals surface area contributed by atoms with E-state index in [9.17, 15) is 14.4 Å². The van der Waals surface area contributed by atoms with Crippen molar-refractivity contribution in [2.75, 3.05) is 0 Å². The lowest BCUT2D eigenvalue weighted by Gasteiger charge is -2.70. The van der Waals surface area contributed by atoms with Crippen LogP contribution in [-0.2, 0) is 38.1 Å². The molecule has 10 unspecified atom stereocenters. The summed E-state index contributed by atoms with van der Waals surface area (Å²) in [6, 6.07) is 1.82. The summed E-state index contributed by atoms with van der Waals surface area (Å²) in [6.45, 7) is 9.69. The van der Waals surface area contributed by atoms with E-state index >= 15 is 0 Å². The van der Waals surface area contributed by atoms with Crippen molar-refractivity contribution in [2.24, 2.45) is 22.7 Å². The highest BCUT2D eigenvalue weighted by molar-refractivity contribution is 5.82. The molecule has 200 valence electrons. The molecule has 0 N–H and O–H groups in total. The maximum atomic E-state index is 13.3. The van der Waals surface area contributed by atoms with Crippen LogP contribution in [0.15, 0.2) is 23.0 Å². The molecule has 0 amide bonds. The van der Waals surface area contributed by atoms with Gasteiger partial charge in [0.25, 0.3) is 0 Å². The van der Waals surface area contributed by atoms with Crippen LogP contribution in [-0.4, -0.2) is 53.0 Å². The minimum atomic E-state index is -0.957. The van der Waals surface area contributed by atoms with E-state index in [1.165, 1.54) is 6.92 Å². The number of fused-ring (bicyclic) bond motifs is 2. The molecule has 9 nitrogen and oxygen atoms in total. The van der Waals surface area contributed by atoms with Gasteiger partial charge in [-0.1, -0.05) is 13.8 Å². The van der Waals surface area contributed by atoms with E-state index in [4.69, 9.17) is 28.1 Å². The van der Waals surface area contributed by atoms with Gasteiger partial charge in [0.1, 0.15) is 23.4 Å². The van der Waals surface area contributed by atoms with E-state index in [0.29, 0.717) is 25.7 Å². The van der Waals surface area contributed by atoms with Gasteiger partial charge >= 0.3 is 17.9 Å². The molecule has 2 aliphatic carbocycles. The van der Waals surface area contributed by atoms with Gasteiger partial charge in [0.15, 0.2) is 6.10 Å². The fourth-order valence-corrected chi connectivity index (χ4v) is 9.80. The number of carbonyl (C=O) groups is 3. The molecule has 1 aromatic heterocycles. The predicted molar refractivity (Wildman–Crippen MR) is 125 cm³/mol. The molecule has 7 rings (SSSR count). The Kier molecular flexibility index (Phi) is 4.47. The third kappa shape index (κ3) is 2.65. The first kappa shape index (κ1) is 23.7. The first-order valence-corrected chi connectivity index (χ1v) is 13.4. The zero-order valence-corrected chi connectivity index (χ0v) is 21.9. The lowest BCUT2D eigenvalue weighted by Crippen LogP contribution is -2.78. The molecule has 4 saturated heterocycles. The van der Waals surface area contributed by atoms with Gasteiger partial charge in [-0.25, -0.2) is 4.79 Å². The molecular formula is C28H34O9. The predicted octanol–water partition coefficient (Wildman–Crippen LogP) is 3.64. The number of epoxide rings is 1. The van der Waals surface area contributed by atoms with Crippen LogP contribution < -0.4 is 0 Å². The maximum Gasteiger partial charge on any atom is 0.339 e. The summed E-state index contributed by atoms with van der Waals surface area (Å²) < 4.78 is 36.9. The van der Waals surface area contributed by atoms with E-state index < -0.39 is 51.9 Å². The van der Waals surface area contributed by atoms with Crippen molar-refractivity contribution in [1.29, 1.82) is 0 Å². The molecule has 2 spiro atoms. The highest BCUT2D eigenvalue weighted by atomic mass is 16.7. The van der Waals surface area contributed by atoms with Crippen molar-refractivity contribution >= 4 is 17.9 Å². The monoisotopic (exact) mass is 514 g/mol. The topological polar surface area (TPSA) is 114 Å². The highest BCUT2D eigenvalue weighted by Crippen LogP contribution is 2.79. The van der Waals surface area contributed by atoms with Crippen molar-refractivity contribution in [3.05, 3.63) is 24.2 Å². The van der Waals surface area contributed by atoms with Gasteiger partial charge in [0.05, 0.1) is 30.7 Å². The SMILES string of the molecule is CC(=O)OC1CC2C(C)(C)OC3CC(=O)OC2(C3)C2CCC3(C)C(c4ccoc4)OC(=O)C4OC43C12C. The Hall–Kier alpha value is -2.39. The molecular weight excluding hydrogens is 480 g/mol. The number of hydrogen-bond donors (Lipinski definition) is 0. The van der Waals surface area contributed by atoms with Gasteiger partial charge in [-0.3, -0.25) is 9.59 Å². The fraction of sp³-hybridized carbons (Fsp3) is 0.750. The van der Waals surface area contributed by atoms with Crippen LogP contribution in [0, 0.1) is 22.7 Å². The summed E-state index contributed by atoms with van der Waals surface area (Å²) in [5.74, 6) is -1.45. The Morgan fingerprint density at radius 1 is 1.08 bits per heavy atom. The largest absolute Gasteiger partial charge is 0.472 e. The third-order valence-corrected chi connectivity index (χ3v) is 11.0. The van der Waals surface area contributed by atoms with E-state index in [2.05, 4.69) is 13.8 Å². The van der Waals surface area contributed by atoms with Crippen LogP contribution >= 0.6 is 0 Å². The van der Waals surface area contributed by atoms with Gasteiger partial charge in [0.2, 0.25) is 0 Å². The van der Waals surface area contributed by atoms with Crippen LogP contribution in [0.1, 0.15) is 78.4 Å². The van der Waals surface area contributed by atoms with Crippen LogP contribution in [0.2, 0.25) is 0 Å². The Bertz CT molecular complexity index is 1190. The average molecular weight is 515 g/mol. The second kappa shape index (κ2) is 6.97. The molecule has 6 fully saturated rings. The number of furan rings is 1. The van der Waals surface area contributed by atoms with Gasteiger partial charge in [0, 0.05) is 41.6 Å². The summed E-state index contributed by atoms with van der Waals surface area (Å²) in [4.78, 5) is 38.8. The molecule has 2 bridgehead atoms. The quantitative estimate of drug-likeness (QED) is 0.331. The lowest BCUT2D eigenvalue weighted by atomic mass is 9.38. The Balaban J connectivity index is 1.43. The molecule has 6 aliphatic rings. The zero-order chi connectivity index (χ0) is 26.2. The van der Waals surface area contributed by atoms with Crippen molar-refractivity contribution in [1.82, 2.24) is 0 Å². The summed E-state index contributed by atoms with van der Waals surface area (Å²) in [5, 5.41) is 0. The maximum absolute atomic E-state index is 13.3. The second-order valence-electron chi connectivity index (χ2n) is 13.0. The molecule has 37 heavy (non-hydrogen) atoms. The van der Waals surface area contributed by atoms with Gasteiger partial charge in [-0.05, 0) is 39.2 Å². The highest BCUT2D eigenvalue weighted by Gasteiger charge is 2.89. The van der Waals surface area contributed by atoms with Crippen LogP contribution in [0.4, 0.5) is 0 Å². The van der Waals surface area contributed by atoms with E-state index in [1.807, 2.05) is 19.9 Å². The number of carbonyl (C=O) groups excluding carboxylic acids is 3. The zero-order valence-electron chi connectivity index (χ0n) is 21.9. The molecule has 2 saturated carbocycles. The Morgan fingerprint density at radius 3 is 2.57 bits per heavy atom. The van der Waals surface area contributed by atoms with E-state index in [1.54, 1.807) is 12.5 Å². The van der Waals surface area contributed by atoms with Crippen molar-refractivity contribution in [3.8, 4) is 0 Å². The van der Waals surface area contributed by atoms with Gasteiger partial charge < -0.3 is 28.1 Å². The van der Waals surface area contributed by atoms with Crippen molar-refractivity contribution in [2.45, 2.75) is 108 Å². The first-order chi connectivity index (χ1) is 17.4. The summed E-state index contributed by atoms with van der Waals surface area (Å²) >= 11 is 0. The number of cyclic esters (lactones) is 1. The molecule has 0 aromatic carbocycles. The number of esters is 3. The molecule has 0 radical (unpaired) electrons. The number of hydrogen-bond acceptors (Lipinski definition) is 9. The lowest BCUT2D eigenvalue weighted by molar-refractivity contribution is -0.336. The number of rotatable bonds is 2. The number of ether oxygens (including phenoxy) is 5. The van der Waals surface area contributed by atoms with Crippen molar-refractivity contribution in [3.63, 3.8) is 0 Å². The molecule has 5 heterocycles. The van der Waals surface area contributed by atoms with E-state index in [-0.39, 0.29) is 36.3 Å². The minimum Gasteiger partial charge on any atom is -0.472 e. The van der Waals surface area contributed by atoms with Gasteiger partial charge in [-0.2, -0.15) is 0 Å². The van der Waals surface area contributed by atoms with Crippen LogP contribution in [0.5, 0.6) is 0 Å². The van der Waals surface area contributed by atoms with Crippen LogP contribution in [0.25, 0.3) is 0 Å². The molecule has 9 heteroatoms. The minimum absolute atomic E-state index is 0.180. The van der Waals surface area contributed by atoms with E-state index in [0.717, 1.165) is 5.56 Å². The smallest absolute Gasteiger partial charge is 0.339 e. The average Bonchev–Trinajstić information content (AvgIpc) is 3.36. The summed E-state index contributed by atoms with van der Waals surface area (Å²) in [5.41, 5.74) is -2.99. The Labute approximate surface area is 215 Å². The normalized spacial score (nSPS) is 50.8.